The third-order valence-corrected chi connectivity index (χ3v) is 9.53. The monoisotopic (exact) mass is 600 g/mol. The van der Waals surface area contributed by atoms with E-state index >= 15 is 0 Å². The molecule has 3 heterocycles. The van der Waals surface area contributed by atoms with Crippen molar-refractivity contribution in [1.29, 1.82) is 0 Å². The third kappa shape index (κ3) is 6.50. The molecule has 0 spiro atoms. The van der Waals surface area contributed by atoms with Gasteiger partial charge in [-0.2, -0.15) is 0 Å². The van der Waals surface area contributed by atoms with E-state index in [2.05, 4.69) is 24.9 Å². The van der Waals surface area contributed by atoms with Gasteiger partial charge in [-0.25, -0.2) is 0 Å². The van der Waals surface area contributed by atoms with Gasteiger partial charge in [0.05, 0.1) is 30.2 Å². The van der Waals surface area contributed by atoms with Crippen LogP contribution in [0.2, 0.25) is 0 Å². The molecule has 0 saturated carbocycles. The van der Waals surface area contributed by atoms with Gasteiger partial charge in [0.2, 0.25) is 11.8 Å². The Morgan fingerprint density at radius 2 is 1.82 bits per heavy atom. The molecule has 44 heavy (non-hydrogen) atoms. The van der Waals surface area contributed by atoms with Crippen LogP contribution < -0.4 is 0 Å². The molecule has 2 fully saturated rings. The molecule has 8 heteroatoms. The van der Waals surface area contributed by atoms with Crippen molar-refractivity contribution < 1.29 is 29.3 Å². The number of carbonyl (C=O) groups excluding carboxylic acids is 2. The number of aromatic hydroxyl groups is 1. The van der Waals surface area contributed by atoms with E-state index < -0.39 is 11.9 Å². The van der Waals surface area contributed by atoms with E-state index in [1.165, 1.54) is 16.0 Å². The molecule has 2 saturated heterocycles. The fourth-order valence-electron chi connectivity index (χ4n) is 7.35. The minimum absolute atomic E-state index is 0.0845. The Morgan fingerprint density at radius 3 is 2.48 bits per heavy atom. The zero-order chi connectivity index (χ0) is 31.5. The van der Waals surface area contributed by atoms with Crippen LogP contribution in [-0.4, -0.2) is 57.1 Å². The zero-order valence-corrected chi connectivity index (χ0v) is 26.2. The number of aromatic nitrogens is 1. The van der Waals surface area contributed by atoms with Crippen LogP contribution in [0.25, 0.3) is 11.6 Å². The fourth-order valence-corrected chi connectivity index (χ4v) is 7.35. The number of carboxylic acid groups (broad SMARTS) is 1. The quantitative estimate of drug-likeness (QED) is 0.166. The minimum Gasteiger partial charge on any atom is -0.507 e. The van der Waals surface area contributed by atoms with Gasteiger partial charge in [-0.3, -0.25) is 24.3 Å². The molecule has 0 bridgehead atoms. The average Bonchev–Trinajstić information content (AvgIpc) is 3.51. The van der Waals surface area contributed by atoms with E-state index in [0.29, 0.717) is 51.0 Å². The number of ether oxygens (including phenoxy) is 1. The number of likely N-dealkylation sites (tertiary alicyclic amines) is 1. The first-order valence-electron chi connectivity index (χ1n) is 15.9. The standard InChI is InChI=1S/C36H44N2O6/c1-21(2)26-19-27-33(36(43)38(35(27)42)15-9-5-6-11-31(39)40)28-20-44-30(32(26)28)13-12-25(29-10-7-8-14-37-29)18-24-16-22(3)34(41)23(4)17-24/h7-8,10,14,16-18,21,27-28,30,33,41H,5-6,9,11-13,15,19-20H2,1-4H3,(H,39,40)/b25-18-/t27-,28+,30-,33-/m1/s1. The second kappa shape index (κ2) is 13.5. The molecule has 0 radical (unpaired) electrons. The Kier molecular flexibility index (Phi) is 9.68. The molecule has 4 atom stereocenters. The van der Waals surface area contributed by atoms with Gasteiger partial charge in [0.1, 0.15) is 5.75 Å². The maximum Gasteiger partial charge on any atom is 0.303 e. The van der Waals surface area contributed by atoms with Gasteiger partial charge in [0.25, 0.3) is 0 Å². The van der Waals surface area contributed by atoms with Crippen molar-refractivity contribution in [3.8, 4) is 5.75 Å². The Bertz CT molecular complexity index is 1450. The van der Waals surface area contributed by atoms with Crippen LogP contribution in [-0.2, 0) is 19.1 Å². The van der Waals surface area contributed by atoms with Gasteiger partial charge in [0, 0.05) is 25.1 Å². The lowest BCUT2D eigenvalue weighted by molar-refractivity contribution is -0.141. The SMILES string of the molecule is Cc1cc(/C=C(/CC[C@H]2OC[C@H]3C2=C(C(C)C)C[C@H]2C(=O)N(CCCCCC(=O)O)C(=O)[C@H]23)c2ccccn2)cc(C)c1O. The number of unbranched alkanes of at least 4 members (excludes halogenated alkanes) is 2. The van der Waals surface area contributed by atoms with Crippen molar-refractivity contribution >= 4 is 29.4 Å². The maximum absolute atomic E-state index is 13.7. The Hall–Kier alpha value is -3.78. The number of rotatable bonds is 12. The summed E-state index contributed by atoms with van der Waals surface area (Å²) in [6.07, 6.45) is 7.75. The number of pyridine rings is 1. The summed E-state index contributed by atoms with van der Waals surface area (Å²) in [5, 5.41) is 19.2. The van der Waals surface area contributed by atoms with Gasteiger partial charge >= 0.3 is 5.97 Å². The molecule has 2 aliphatic heterocycles. The lowest BCUT2D eigenvalue weighted by Crippen LogP contribution is -2.35. The summed E-state index contributed by atoms with van der Waals surface area (Å²) in [5.74, 6) is -1.30. The summed E-state index contributed by atoms with van der Waals surface area (Å²) in [6, 6.07) is 9.85. The number of phenols is 1. The van der Waals surface area contributed by atoms with E-state index in [0.717, 1.165) is 34.4 Å². The van der Waals surface area contributed by atoms with Crippen LogP contribution in [0, 0.1) is 37.5 Å². The number of imide groups is 1. The molecule has 234 valence electrons. The summed E-state index contributed by atoms with van der Waals surface area (Å²) < 4.78 is 6.46. The molecule has 2 amide bonds. The van der Waals surface area contributed by atoms with Gasteiger partial charge < -0.3 is 14.9 Å². The minimum atomic E-state index is -0.826. The smallest absolute Gasteiger partial charge is 0.303 e. The lowest BCUT2D eigenvalue weighted by atomic mass is 9.67. The summed E-state index contributed by atoms with van der Waals surface area (Å²) in [6.45, 7) is 8.90. The van der Waals surface area contributed by atoms with Gasteiger partial charge in [-0.15, -0.1) is 0 Å². The van der Waals surface area contributed by atoms with Gasteiger partial charge in [0.15, 0.2) is 0 Å². The van der Waals surface area contributed by atoms with Gasteiger partial charge in [-0.05, 0) is 110 Å². The number of benzene rings is 1. The molecule has 1 aromatic carbocycles. The number of aliphatic carboxylic acids is 1. The van der Waals surface area contributed by atoms with Crippen LogP contribution in [0.15, 0.2) is 47.7 Å². The maximum atomic E-state index is 13.7. The number of fused-ring (bicyclic) bond motifs is 3. The van der Waals surface area contributed by atoms with Crippen LogP contribution in [0.5, 0.6) is 5.75 Å². The van der Waals surface area contributed by atoms with Crippen LogP contribution in [0.1, 0.15) is 81.2 Å². The highest BCUT2D eigenvalue weighted by molar-refractivity contribution is 6.06. The molecule has 5 rings (SSSR count). The molecule has 0 unspecified atom stereocenters. The van der Waals surface area contributed by atoms with Crippen LogP contribution >= 0.6 is 0 Å². The van der Waals surface area contributed by atoms with Crippen LogP contribution in [0.3, 0.4) is 0 Å². The first-order chi connectivity index (χ1) is 21.1. The van der Waals surface area contributed by atoms with Crippen molar-refractivity contribution in [3.63, 3.8) is 0 Å². The van der Waals surface area contributed by atoms with Crippen molar-refractivity contribution in [3.05, 3.63) is 70.1 Å². The fraction of sp³-hybridized carbons (Fsp3) is 0.500. The highest BCUT2D eigenvalue weighted by Crippen LogP contribution is 2.51. The van der Waals surface area contributed by atoms with Crippen molar-refractivity contribution in [2.45, 2.75) is 78.7 Å². The highest BCUT2D eigenvalue weighted by atomic mass is 16.5. The topological polar surface area (TPSA) is 117 Å². The Labute approximate surface area is 259 Å². The number of hydrogen-bond acceptors (Lipinski definition) is 6. The Balaban J connectivity index is 1.36. The molecule has 3 aliphatic rings. The molecular weight excluding hydrogens is 556 g/mol. The third-order valence-electron chi connectivity index (χ3n) is 9.53. The largest absolute Gasteiger partial charge is 0.507 e. The first-order valence-corrected chi connectivity index (χ1v) is 15.9. The number of allylic oxidation sites excluding steroid dienone is 2. The summed E-state index contributed by atoms with van der Waals surface area (Å²) in [7, 11) is 0. The second-order valence-corrected chi connectivity index (χ2v) is 12.9. The van der Waals surface area contributed by atoms with Crippen molar-refractivity contribution in [1.82, 2.24) is 9.88 Å². The molecule has 1 aromatic heterocycles. The summed E-state index contributed by atoms with van der Waals surface area (Å²) in [4.78, 5) is 44.1. The zero-order valence-electron chi connectivity index (χ0n) is 26.2. The molecule has 2 aromatic rings. The number of carboxylic acids is 1. The Morgan fingerprint density at radius 1 is 1.07 bits per heavy atom. The number of phenolic OH excluding ortho intramolecular Hbond substituents is 1. The van der Waals surface area contributed by atoms with Crippen molar-refractivity contribution in [2.24, 2.45) is 23.7 Å². The average molecular weight is 601 g/mol. The van der Waals surface area contributed by atoms with E-state index in [1.54, 1.807) is 6.20 Å². The molecule has 1 aliphatic carbocycles. The molecule has 8 nitrogen and oxygen atoms in total. The predicted octanol–water partition coefficient (Wildman–Crippen LogP) is 6.34. The molecular formula is C36H44N2O6. The van der Waals surface area contributed by atoms with E-state index in [1.807, 2.05) is 44.2 Å². The predicted molar refractivity (Wildman–Crippen MR) is 168 cm³/mol. The summed E-state index contributed by atoms with van der Waals surface area (Å²) >= 11 is 0. The number of carbonyl (C=O) groups is 3. The number of aryl methyl sites for hydroxylation is 2. The number of hydrogen-bond donors (Lipinski definition) is 2. The number of nitrogens with zero attached hydrogens (tertiary/aromatic N) is 2. The summed E-state index contributed by atoms with van der Waals surface area (Å²) in [5.41, 5.74) is 7.08. The molecule has 2 N–H and O–H groups in total. The lowest BCUT2D eigenvalue weighted by Gasteiger charge is -2.33. The number of amides is 2. The van der Waals surface area contributed by atoms with Crippen LogP contribution in [0.4, 0.5) is 0 Å². The normalized spacial score (nSPS) is 23.5. The van der Waals surface area contributed by atoms with Crippen molar-refractivity contribution in [2.75, 3.05) is 13.2 Å². The van der Waals surface area contributed by atoms with E-state index in [-0.39, 0.29) is 42.1 Å². The van der Waals surface area contributed by atoms with E-state index in [9.17, 15) is 19.5 Å². The van der Waals surface area contributed by atoms with Gasteiger partial charge in [-0.1, -0.05) is 31.9 Å². The van der Waals surface area contributed by atoms with E-state index in [4.69, 9.17) is 9.84 Å². The second-order valence-electron chi connectivity index (χ2n) is 12.9. The highest BCUT2D eigenvalue weighted by Gasteiger charge is 2.56. The first kappa shape index (κ1) is 31.6.